The number of nitrogens with zero attached hydrogens (tertiary/aromatic N) is 2. The third-order valence-electron chi connectivity index (χ3n) is 2.71. The number of anilines is 1. The van der Waals surface area contributed by atoms with Gasteiger partial charge in [0.25, 0.3) is 0 Å². The van der Waals surface area contributed by atoms with Gasteiger partial charge < -0.3 is 10.6 Å². The van der Waals surface area contributed by atoms with Crippen LogP contribution in [0.2, 0.25) is 0 Å². The van der Waals surface area contributed by atoms with Crippen LogP contribution in [0.1, 0.15) is 11.4 Å². The van der Waals surface area contributed by atoms with Crippen LogP contribution in [0.25, 0.3) is 11.0 Å². The van der Waals surface area contributed by atoms with E-state index in [1.54, 1.807) is 12.1 Å². The fourth-order valence-electron chi connectivity index (χ4n) is 1.64. The Balaban J connectivity index is 2.21. The van der Waals surface area contributed by atoms with Gasteiger partial charge in [-0.3, -0.25) is 0 Å². The highest BCUT2D eigenvalue weighted by Crippen LogP contribution is 2.17. The fraction of sp³-hybridized carbons (Fsp3) is 0.308. The summed E-state index contributed by atoms with van der Waals surface area (Å²) in [6.45, 7) is 4.27. The molecule has 6 heteroatoms. The second-order valence-electron chi connectivity index (χ2n) is 4.17. The molecule has 0 bridgehead atoms. The van der Waals surface area contributed by atoms with Crippen molar-refractivity contribution in [2.45, 2.75) is 13.8 Å². The molecule has 19 heavy (non-hydrogen) atoms. The summed E-state index contributed by atoms with van der Waals surface area (Å²) < 4.78 is 0. The number of rotatable bonds is 3. The first kappa shape index (κ1) is 13.5. The topological polar surface area (TPSA) is 66.9 Å². The van der Waals surface area contributed by atoms with Gasteiger partial charge >= 0.3 is 6.03 Å². The molecule has 0 aliphatic carbocycles. The van der Waals surface area contributed by atoms with Crippen LogP contribution in [0.4, 0.5) is 10.5 Å². The van der Waals surface area contributed by atoms with E-state index in [2.05, 4.69) is 20.6 Å². The number of alkyl halides is 1. The molecule has 1 heterocycles. The van der Waals surface area contributed by atoms with Crippen LogP contribution < -0.4 is 10.6 Å². The van der Waals surface area contributed by atoms with Crippen LogP contribution in [-0.2, 0) is 0 Å². The van der Waals surface area contributed by atoms with E-state index in [9.17, 15) is 4.79 Å². The standard InChI is InChI=1S/C13H15ClN4O/c1-8-9(2)17-12-7-10(3-4-11(12)16-8)18-13(19)15-6-5-14/h3-4,7H,5-6H2,1-2H3,(H2,15,18,19). The second-order valence-corrected chi connectivity index (χ2v) is 4.55. The van der Waals surface area contributed by atoms with Crippen molar-refractivity contribution in [1.82, 2.24) is 15.3 Å². The van der Waals surface area contributed by atoms with Crippen LogP contribution in [0, 0.1) is 13.8 Å². The summed E-state index contributed by atoms with van der Waals surface area (Å²) in [5, 5.41) is 5.36. The minimum Gasteiger partial charge on any atom is -0.337 e. The maximum absolute atomic E-state index is 11.5. The average Bonchev–Trinajstić information content (AvgIpc) is 2.38. The van der Waals surface area contributed by atoms with Gasteiger partial charge in [0.05, 0.1) is 22.4 Å². The number of hydrogen-bond acceptors (Lipinski definition) is 3. The van der Waals surface area contributed by atoms with Gasteiger partial charge in [0.15, 0.2) is 0 Å². The van der Waals surface area contributed by atoms with E-state index >= 15 is 0 Å². The van der Waals surface area contributed by atoms with Gasteiger partial charge in [-0.2, -0.15) is 0 Å². The normalized spacial score (nSPS) is 10.5. The molecule has 1 aromatic heterocycles. The van der Waals surface area contributed by atoms with Gasteiger partial charge in [-0.1, -0.05) is 0 Å². The van der Waals surface area contributed by atoms with Crippen molar-refractivity contribution in [2.24, 2.45) is 0 Å². The molecule has 0 spiro atoms. The number of carbonyl (C=O) groups excluding carboxylic acids is 1. The Morgan fingerprint density at radius 2 is 1.89 bits per heavy atom. The predicted molar refractivity (Wildman–Crippen MR) is 76.8 cm³/mol. The van der Waals surface area contributed by atoms with Gasteiger partial charge in [-0.05, 0) is 32.0 Å². The minimum atomic E-state index is -0.281. The van der Waals surface area contributed by atoms with Crippen molar-refractivity contribution in [3.63, 3.8) is 0 Å². The lowest BCUT2D eigenvalue weighted by molar-refractivity contribution is 0.252. The summed E-state index contributed by atoms with van der Waals surface area (Å²) in [5.74, 6) is 0.384. The Hall–Kier alpha value is -1.88. The zero-order chi connectivity index (χ0) is 13.8. The summed E-state index contributed by atoms with van der Waals surface area (Å²) in [7, 11) is 0. The number of amides is 2. The van der Waals surface area contributed by atoms with Crippen LogP contribution >= 0.6 is 11.6 Å². The lowest BCUT2D eigenvalue weighted by atomic mass is 10.2. The number of hydrogen-bond donors (Lipinski definition) is 2. The number of carbonyl (C=O) groups is 1. The number of aryl methyl sites for hydroxylation is 2. The Morgan fingerprint density at radius 3 is 2.58 bits per heavy atom. The Bertz CT molecular complexity index is 615. The number of fused-ring (bicyclic) bond motifs is 1. The number of nitrogens with one attached hydrogen (secondary N) is 2. The summed E-state index contributed by atoms with van der Waals surface area (Å²) in [6, 6.07) is 5.16. The lowest BCUT2D eigenvalue weighted by Crippen LogP contribution is -2.30. The molecule has 0 radical (unpaired) electrons. The van der Waals surface area contributed by atoms with E-state index in [0.29, 0.717) is 18.1 Å². The highest BCUT2D eigenvalue weighted by molar-refractivity contribution is 6.18. The molecule has 2 aromatic rings. The molecule has 0 saturated heterocycles. The van der Waals surface area contributed by atoms with Crippen molar-refractivity contribution in [2.75, 3.05) is 17.7 Å². The molecule has 1 aromatic carbocycles. The molecule has 100 valence electrons. The van der Waals surface area contributed by atoms with Crippen molar-refractivity contribution in [3.8, 4) is 0 Å². The van der Waals surface area contributed by atoms with Crippen molar-refractivity contribution < 1.29 is 4.79 Å². The average molecular weight is 279 g/mol. The van der Waals surface area contributed by atoms with Crippen LogP contribution in [-0.4, -0.2) is 28.4 Å². The highest BCUT2D eigenvalue weighted by Gasteiger charge is 2.05. The summed E-state index contributed by atoms with van der Waals surface area (Å²) in [5.41, 5.74) is 4.05. The maximum atomic E-state index is 11.5. The quantitative estimate of drug-likeness (QED) is 0.848. The number of urea groups is 1. The largest absolute Gasteiger partial charge is 0.337 e. The third-order valence-corrected chi connectivity index (χ3v) is 2.90. The zero-order valence-corrected chi connectivity index (χ0v) is 11.6. The first-order chi connectivity index (χ1) is 9.10. The van der Waals surface area contributed by atoms with E-state index in [1.807, 2.05) is 19.9 Å². The molecule has 0 aliphatic heterocycles. The number of benzene rings is 1. The molecule has 0 saturated carbocycles. The maximum Gasteiger partial charge on any atom is 0.319 e. The molecule has 5 nitrogen and oxygen atoms in total. The molecule has 0 unspecified atom stereocenters. The van der Waals surface area contributed by atoms with E-state index in [1.165, 1.54) is 0 Å². The zero-order valence-electron chi connectivity index (χ0n) is 10.8. The summed E-state index contributed by atoms with van der Waals surface area (Å²) in [4.78, 5) is 20.4. The Kier molecular flexibility index (Phi) is 4.16. The van der Waals surface area contributed by atoms with E-state index < -0.39 is 0 Å². The van der Waals surface area contributed by atoms with Gasteiger partial charge in [0, 0.05) is 18.1 Å². The fourth-order valence-corrected chi connectivity index (χ4v) is 1.74. The van der Waals surface area contributed by atoms with Gasteiger partial charge in [0.1, 0.15) is 0 Å². The highest BCUT2D eigenvalue weighted by atomic mass is 35.5. The smallest absolute Gasteiger partial charge is 0.319 e. The van der Waals surface area contributed by atoms with Gasteiger partial charge in [0.2, 0.25) is 0 Å². The first-order valence-electron chi connectivity index (χ1n) is 5.96. The molecular weight excluding hydrogens is 264 g/mol. The lowest BCUT2D eigenvalue weighted by Gasteiger charge is -2.08. The van der Waals surface area contributed by atoms with Crippen molar-refractivity contribution >= 4 is 34.4 Å². The Morgan fingerprint density at radius 1 is 1.21 bits per heavy atom. The molecule has 2 N–H and O–H groups in total. The summed E-state index contributed by atoms with van der Waals surface area (Å²) >= 11 is 5.50. The predicted octanol–water partition coefficient (Wildman–Crippen LogP) is 2.61. The Labute approximate surface area is 116 Å². The number of aromatic nitrogens is 2. The summed E-state index contributed by atoms with van der Waals surface area (Å²) in [6.07, 6.45) is 0. The molecule has 0 atom stereocenters. The third kappa shape index (κ3) is 3.32. The SMILES string of the molecule is Cc1nc2ccc(NC(=O)NCCCl)cc2nc1C. The minimum absolute atomic E-state index is 0.281. The molecule has 2 amide bonds. The van der Waals surface area contributed by atoms with Crippen molar-refractivity contribution in [1.29, 1.82) is 0 Å². The van der Waals surface area contributed by atoms with Crippen LogP contribution in [0.3, 0.4) is 0 Å². The van der Waals surface area contributed by atoms with E-state index in [-0.39, 0.29) is 6.03 Å². The monoisotopic (exact) mass is 278 g/mol. The van der Waals surface area contributed by atoms with Crippen molar-refractivity contribution in [3.05, 3.63) is 29.6 Å². The van der Waals surface area contributed by atoms with E-state index in [4.69, 9.17) is 11.6 Å². The van der Waals surface area contributed by atoms with Crippen LogP contribution in [0.5, 0.6) is 0 Å². The molecular formula is C13H15ClN4O. The molecule has 2 rings (SSSR count). The first-order valence-corrected chi connectivity index (χ1v) is 6.49. The molecule has 0 aliphatic rings. The van der Waals surface area contributed by atoms with E-state index in [0.717, 1.165) is 22.4 Å². The second kappa shape index (κ2) is 5.84. The van der Waals surface area contributed by atoms with Gasteiger partial charge in [-0.25, -0.2) is 14.8 Å². The van der Waals surface area contributed by atoms with Gasteiger partial charge in [-0.15, -0.1) is 11.6 Å². The van der Waals surface area contributed by atoms with Crippen LogP contribution in [0.15, 0.2) is 18.2 Å². The number of halogens is 1. The molecule has 0 fully saturated rings.